The molecule has 0 aromatic heterocycles. The number of carbonyl (C=O) groups excluding carboxylic acids is 2. The van der Waals surface area contributed by atoms with E-state index in [0.29, 0.717) is 12.8 Å². The predicted molar refractivity (Wildman–Crippen MR) is 106 cm³/mol. The summed E-state index contributed by atoms with van der Waals surface area (Å²) in [6.45, 7) is -0.568. The Labute approximate surface area is 187 Å². The van der Waals surface area contributed by atoms with E-state index in [0.717, 1.165) is 4.90 Å². The number of hydrogen-bond donors (Lipinski definition) is 1. The average molecular weight is 490 g/mol. The van der Waals surface area contributed by atoms with Crippen LogP contribution in [0.5, 0.6) is 0 Å². The average Bonchev–Trinajstić information content (AvgIpc) is 3.64. The molecule has 1 aromatic carbocycles. The van der Waals surface area contributed by atoms with Crippen molar-refractivity contribution in [3.8, 4) is 6.07 Å². The van der Waals surface area contributed by atoms with Gasteiger partial charge in [0.2, 0.25) is 11.8 Å². The summed E-state index contributed by atoms with van der Waals surface area (Å²) in [6.07, 6.45) is -5.27. The van der Waals surface area contributed by atoms with Crippen LogP contribution >= 0.6 is 11.6 Å². The molecular formula is C20H19ClF3N3O4S. The van der Waals surface area contributed by atoms with Crippen LogP contribution in [0.4, 0.5) is 13.2 Å². The fourth-order valence-electron chi connectivity index (χ4n) is 4.08. The van der Waals surface area contributed by atoms with Crippen molar-refractivity contribution in [2.45, 2.75) is 60.0 Å². The van der Waals surface area contributed by atoms with Crippen LogP contribution in [0, 0.1) is 16.7 Å². The number of halogens is 4. The lowest BCUT2D eigenvalue weighted by Crippen LogP contribution is -2.53. The van der Waals surface area contributed by atoms with Crippen LogP contribution in [-0.2, 0) is 19.4 Å². The molecule has 32 heavy (non-hydrogen) atoms. The molecule has 7 nitrogen and oxygen atoms in total. The van der Waals surface area contributed by atoms with E-state index in [1.54, 1.807) is 0 Å². The maximum absolute atomic E-state index is 13.6. The number of likely N-dealkylation sites (tertiary alicyclic amines) is 1. The highest BCUT2D eigenvalue weighted by Gasteiger charge is 2.70. The maximum Gasteiger partial charge on any atom is 0.403 e. The highest BCUT2D eigenvalue weighted by Crippen LogP contribution is 2.59. The molecule has 2 aliphatic carbocycles. The molecule has 1 N–H and O–H groups in total. The number of nitriles is 1. The normalized spacial score (nSPS) is 25.7. The topological polar surface area (TPSA) is 107 Å². The van der Waals surface area contributed by atoms with Gasteiger partial charge in [0.05, 0.1) is 21.2 Å². The molecule has 1 heterocycles. The number of hydrogen-bond acceptors (Lipinski definition) is 5. The molecule has 0 unspecified atom stereocenters. The number of amides is 2. The molecule has 172 valence electrons. The summed E-state index contributed by atoms with van der Waals surface area (Å²) in [5.74, 6) is -2.13. The van der Waals surface area contributed by atoms with Crippen LogP contribution in [0.2, 0.25) is 5.02 Å². The molecule has 1 aromatic rings. The third kappa shape index (κ3) is 3.63. The van der Waals surface area contributed by atoms with Crippen LogP contribution in [0.3, 0.4) is 0 Å². The summed E-state index contributed by atoms with van der Waals surface area (Å²) < 4.78 is 67.1. The third-order valence-corrected chi connectivity index (χ3v) is 9.07. The first-order chi connectivity index (χ1) is 14.9. The summed E-state index contributed by atoms with van der Waals surface area (Å²) >= 11 is 6.02. The highest BCUT2D eigenvalue weighted by molar-refractivity contribution is 7.92. The molecule has 3 fully saturated rings. The van der Waals surface area contributed by atoms with Crippen molar-refractivity contribution in [3.05, 3.63) is 29.3 Å². The van der Waals surface area contributed by atoms with Gasteiger partial charge in [0.25, 0.3) is 0 Å². The Kier molecular flexibility index (Phi) is 5.25. The number of alkyl halides is 3. The number of sulfone groups is 1. The summed E-state index contributed by atoms with van der Waals surface area (Å²) in [5.41, 5.74) is -3.71. The van der Waals surface area contributed by atoms with Gasteiger partial charge in [0.1, 0.15) is 17.0 Å². The lowest BCUT2D eigenvalue weighted by Gasteiger charge is -2.29. The van der Waals surface area contributed by atoms with Crippen molar-refractivity contribution in [2.24, 2.45) is 5.41 Å². The van der Waals surface area contributed by atoms with Gasteiger partial charge in [-0.3, -0.25) is 9.59 Å². The molecule has 12 heteroatoms. The zero-order chi connectivity index (χ0) is 23.5. The van der Waals surface area contributed by atoms with Crippen LogP contribution in [0.1, 0.15) is 32.1 Å². The van der Waals surface area contributed by atoms with Gasteiger partial charge in [-0.05, 0) is 44.2 Å². The first-order valence-electron chi connectivity index (χ1n) is 9.96. The summed E-state index contributed by atoms with van der Waals surface area (Å²) in [4.78, 5) is 26.4. The maximum atomic E-state index is 13.6. The van der Waals surface area contributed by atoms with E-state index in [9.17, 15) is 36.4 Å². The van der Waals surface area contributed by atoms with Crippen molar-refractivity contribution < 1.29 is 31.2 Å². The van der Waals surface area contributed by atoms with Gasteiger partial charge in [0, 0.05) is 6.54 Å². The molecule has 2 atom stereocenters. The Morgan fingerprint density at radius 1 is 1.19 bits per heavy atom. The molecule has 3 aliphatic rings. The largest absolute Gasteiger partial charge is 0.403 e. The molecular weight excluding hydrogens is 471 g/mol. The minimum Gasteiger partial charge on any atom is -0.336 e. The van der Waals surface area contributed by atoms with Crippen molar-refractivity contribution in [3.63, 3.8) is 0 Å². The molecule has 2 amide bonds. The van der Waals surface area contributed by atoms with E-state index < -0.39 is 69.5 Å². The minimum atomic E-state index is -4.81. The Morgan fingerprint density at radius 2 is 1.81 bits per heavy atom. The van der Waals surface area contributed by atoms with Crippen molar-refractivity contribution >= 4 is 33.3 Å². The Hall–Kier alpha value is -2.32. The Balaban J connectivity index is 1.67. The van der Waals surface area contributed by atoms with Gasteiger partial charge in [-0.15, -0.1) is 0 Å². The van der Waals surface area contributed by atoms with Crippen molar-refractivity contribution in [1.82, 2.24) is 10.2 Å². The fraction of sp³-hybridized carbons (Fsp3) is 0.550. The van der Waals surface area contributed by atoms with Gasteiger partial charge >= 0.3 is 6.18 Å². The van der Waals surface area contributed by atoms with E-state index in [2.05, 4.69) is 5.32 Å². The van der Waals surface area contributed by atoms with E-state index in [1.807, 2.05) is 6.07 Å². The number of nitrogens with zero attached hydrogens (tertiary/aromatic N) is 2. The lowest BCUT2D eigenvalue weighted by molar-refractivity contribution is -0.199. The molecule has 4 rings (SSSR count). The Bertz CT molecular complexity index is 1120. The zero-order valence-electron chi connectivity index (χ0n) is 16.7. The van der Waals surface area contributed by atoms with Crippen molar-refractivity contribution in [2.75, 3.05) is 6.54 Å². The standard InChI is InChI=1S/C20H19ClF3N3O4S/c21-13-3-1-2-4-15(13)32(30,31)12-9-14(16(28)26-18(11-25)5-6-18)27(10-12)17(29)19(7-8-19)20(22,23)24/h1-4,12,14H,5-10H2,(H,26,28)/t12-,14+/m1/s1. The van der Waals surface area contributed by atoms with Crippen LogP contribution in [-0.4, -0.2) is 54.7 Å². The van der Waals surface area contributed by atoms with Gasteiger partial charge in [-0.2, -0.15) is 18.4 Å². The zero-order valence-corrected chi connectivity index (χ0v) is 18.2. The molecule has 1 aliphatic heterocycles. The van der Waals surface area contributed by atoms with Gasteiger partial charge in [-0.25, -0.2) is 8.42 Å². The lowest BCUT2D eigenvalue weighted by atomic mass is 10.0. The minimum absolute atomic E-state index is 0.0614. The number of nitrogens with one attached hydrogen (secondary N) is 1. The van der Waals surface area contributed by atoms with Crippen LogP contribution in [0.25, 0.3) is 0 Å². The van der Waals surface area contributed by atoms with E-state index in [-0.39, 0.29) is 16.3 Å². The first kappa shape index (κ1) is 22.9. The second kappa shape index (κ2) is 7.35. The van der Waals surface area contributed by atoms with E-state index in [1.165, 1.54) is 24.3 Å². The van der Waals surface area contributed by atoms with Crippen molar-refractivity contribution in [1.29, 1.82) is 5.26 Å². The second-order valence-corrected chi connectivity index (χ2v) is 11.2. The van der Waals surface area contributed by atoms with Gasteiger partial charge in [0.15, 0.2) is 9.84 Å². The predicted octanol–water partition coefficient (Wildman–Crippen LogP) is 2.60. The van der Waals surface area contributed by atoms with E-state index in [4.69, 9.17) is 11.6 Å². The second-order valence-electron chi connectivity index (χ2n) is 8.57. The number of carbonyl (C=O) groups is 2. The third-order valence-electron chi connectivity index (χ3n) is 6.44. The molecule has 0 radical (unpaired) electrons. The molecule has 0 spiro atoms. The first-order valence-corrected chi connectivity index (χ1v) is 11.9. The molecule has 2 saturated carbocycles. The van der Waals surface area contributed by atoms with Gasteiger partial charge in [-0.1, -0.05) is 23.7 Å². The smallest absolute Gasteiger partial charge is 0.336 e. The molecule has 0 bridgehead atoms. The van der Waals surface area contributed by atoms with Gasteiger partial charge < -0.3 is 10.2 Å². The molecule has 1 saturated heterocycles. The van der Waals surface area contributed by atoms with Crippen LogP contribution in [0.15, 0.2) is 29.2 Å². The highest BCUT2D eigenvalue weighted by atomic mass is 35.5. The number of benzene rings is 1. The summed E-state index contributed by atoms with van der Waals surface area (Å²) in [7, 11) is -4.15. The summed E-state index contributed by atoms with van der Waals surface area (Å²) in [6, 6.07) is 6.12. The number of rotatable bonds is 5. The Morgan fingerprint density at radius 3 is 2.31 bits per heavy atom. The van der Waals surface area contributed by atoms with E-state index >= 15 is 0 Å². The SMILES string of the molecule is N#CC1(NC(=O)[C@@H]2C[C@@H](S(=O)(=O)c3ccccc3Cl)CN2C(=O)C2(C(F)(F)F)CC2)CC1. The summed E-state index contributed by atoms with van der Waals surface area (Å²) in [5, 5.41) is 10.3. The quantitative estimate of drug-likeness (QED) is 0.684. The monoisotopic (exact) mass is 489 g/mol. The van der Waals surface area contributed by atoms with Crippen LogP contribution < -0.4 is 5.32 Å². The fourth-order valence-corrected chi connectivity index (χ4v) is 6.30.